The number of nitrogens with zero attached hydrogens (tertiary/aromatic N) is 4. The van der Waals surface area contributed by atoms with Crippen LogP contribution in [0, 0.1) is 0 Å². The van der Waals surface area contributed by atoms with Gasteiger partial charge in [-0.25, -0.2) is 0 Å². The second kappa shape index (κ2) is 18.2. The van der Waals surface area contributed by atoms with Crippen molar-refractivity contribution < 1.29 is 32.6 Å². The van der Waals surface area contributed by atoms with E-state index in [2.05, 4.69) is 82.5 Å². The predicted molar refractivity (Wildman–Crippen MR) is 250 cm³/mol. The summed E-state index contributed by atoms with van der Waals surface area (Å²) in [6, 6.07) is 67.0. The Bertz CT molecular complexity index is 2990. The van der Waals surface area contributed by atoms with Crippen molar-refractivity contribution in [3.63, 3.8) is 0 Å². The lowest BCUT2D eigenvalue weighted by Gasteiger charge is -2.06. The van der Waals surface area contributed by atoms with Gasteiger partial charge in [0.1, 0.15) is 11.5 Å². The zero-order valence-corrected chi connectivity index (χ0v) is 35.3. The first-order valence-corrected chi connectivity index (χ1v) is 21.4. The second-order valence-corrected chi connectivity index (χ2v) is 15.6. The maximum Gasteiger partial charge on any atom is 0.210 e. The summed E-state index contributed by atoms with van der Waals surface area (Å²) in [7, 11) is 0. The van der Waals surface area contributed by atoms with Crippen LogP contribution >= 0.6 is 0 Å². The van der Waals surface area contributed by atoms with Gasteiger partial charge in [-0.15, -0.1) is 0 Å². The first-order valence-electron chi connectivity index (χ1n) is 21.4. The summed E-state index contributed by atoms with van der Waals surface area (Å²) in [5, 5.41) is 0. The van der Waals surface area contributed by atoms with E-state index in [1.807, 2.05) is 192 Å². The minimum Gasteiger partial charge on any atom is -0.457 e. The Morgan fingerprint density at radius 2 is 0.492 bits per heavy atom. The Balaban J connectivity index is 0.725. The van der Waals surface area contributed by atoms with Gasteiger partial charge in [0.05, 0.1) is 0 Å². The Morgan fingerprint density at radius 3 is 0.754 bits per heavy atom. The average molecular weight is 843 g/mol. The van der Waals surface area contributed by atoms with E-state index < -0.39 is 0 Å². The fraction of sp³-hybridized carbons (Fsp3) is 0. The first kappa shape index (κ1) is 40.2. The third kappa shape index (κ3) is 9.02. The van der Waals surface area contributed by atoms with Gasteiger partial charge in [-0.3, -0.25) is 9.59 Å². The average Bonchev–Trinajstić information content (AvgIpc) is 3.39. The zero-order chi connectivity index (χ0) is 44.0. The van der Waals surface area contributed by atoms with Crippen molar-refractivity contribution in [2.45, 2.75) is 0 Å². The molecule has 10 aromatic rings. The smallest absolute Gasteiger partial charge is 0.210 e. The summed E-state index contributed by atoms with van der Waals surface area (Å²) in [6.45, 7) is 0. The fourth-order valence-corrected chi connectivity index (χ4v) is 7.76. The van der Waals surface area contributed by atoms with Crippen molar-refractivity contribution in [2.75, 3.05) is 0 Å². The molecular formula is C58H42N4O3+4. The Morgan fingerprint density at radius 1 is 0.262 bits per heavy atom. The molecule has 0 saturated carbocycles. The number of ketones is 2. The Labute approximate surface area is 377 Å². The summed E-state index contributed by atoms with van der Waals surface area (Å²) >= 11 is 0. The number of carbonyl (C=O) groups is 2. The number of hydrogen-bond donors (Lipinski definition) is 0. The summed E-state index contributed by atoms with van der Waals surface area (Å²) in [5.41, 5.74) is 11.2. The fourth-order valence-electron chi connectivity index (χ4n) is 7.76. The van der Waals surface area contributed by atoms with E-state index in [-0.39, 0.29) is 11.6 Å². The molecule has 0 amide bonds. The van der Waals surface area contributed by atoms with Crippen molar-refractivity contribution in [3.8, 4) is 56.5 Å². The van der Waals surface area contributed by atoms with Crippen molar-refractivity contribution in [1.29, 1.82) is 0 Å². The normalized spacial score (nSPS) is 10.9. The van der Waals surface area contributed by atoms with Gasteiger partial charge in [-0.2, -0.15) is 18.3 Å². The van der Waals surface area contributed by atoms with Crippen molar-refractivity contribution in [1.82, 2.24) is 0 Å². The number of benzene rings is 6. The number of pyridine rings is 4. The molecule has 0 saturated heterocycles. The maximum absolute atomic E-state index is 12.8. The minimum absolute atomic E-state index is 0.0173. The van der Waals surface area contributed by atoms with Crippen LogP contribution in [0.3, 0.4) is 0 Å². The molecule has 0 unspecified atom stereocenters. The number of hydrogen-bond acceptors (Lipinski definition) is 3. The van der Waals surface area contributed by atoms with E-state index in [0.29, 0.717) is 22.3 Å². The molecule has 0 aliphatic carbocycles. The predicted octanol–water partition coefficient (Wildman–Crippen LogP) is 10.4. The third-order valence-electron chi connectivity index (χ3n) is 11.4. The SMILES string of the molecule is O=C(c1ccccc1)c1ccc(-[n+]2ccc(-c3cc[n+](-c4ccc(Oc5ccc(-[n+]6ccc(-c7cc[n+](-c8ccc(C(=O)c9ccccc9)cc8)cc7)cc6)cc5)cc4)cc3)cc2)cc1. The van der Waals surface area contributed by atoms with E-state index in [1.165, 1.54) is 0 Å². The molecule has 7 nitrogen and oxygen atoms in total. The van der Waals surface area contributed by atoms with E-state index >= 15 is 0 Å². The Hall–Kier alpha value is -8.94. The highest BCUT2D eigenvalue weighted by Gasteiger charge is 2.15. The molecule has 65 heavy (non-hydrogen) atoms. The molecule has 6 aromatic carbocycles. The van der Waals surface area contributed by atoms with Crippen LogP contribution in [-0.2, 0) is 0 Å². The van der Waals surface area contributed by atoms with Crippen LogP contribution in [0.15, 0.2) is 256 Å². The van der Waals surface area contributed by atoms with Gasteiger partial charge in [-0.05, 0) is 70.8 Å². The number of aromatic nitrogens is 4. The topological polar surface area (TPSA) is 58.9 Å². The largest absolute Gasteiger partial charge is 0.457 e. The quantitative estimate of drug-likeness (QED) is 0.0909. The number of rotatable bonds is 12. The van der Waals surface area contributed by atoms with Gasteiger partial charge in [0.15, 0.2) is 61.1 Å². The molecule has 4 heterocycles. The monoisotopic (exact) mass is 842 g/mol. The van der Waals surface area contributed by atoms with Crippen LogP contribution in [0.2, 0.25) is 0 Å². The van der Waals surface area contributed by atoms with E-state index in [0.717, 1.165) is 56.5 Å². The van der Waals surface area contributed by atoms with Gasteiger partial charge in [0, 0.05) is 119 Å². The molecule has 0 aliphatic rings. The van der Waals surface area contributed by atoms with Crippen LogP contribution in [-0.4, -0.2) is 11.6 Å². The van der Waals surface area contributed by atoms with Crippen molar-refractivity contribution in [3.05, 3.63) is 278 Å². The van der Waals surface area contributed by atoms with Crippen LogP contribution in [0.4, 0.5) is 0 Å². The molecular weight excluding hydrogens is 801 g/mol. The number of carbonyl (C=O) groups excluding carboxylic acids is 2. The van der Waals surface area contributed by atoms with Crippen LogP contribution < -0.4 is 23.0 Å². The second-order valence-electron chi connectivity index (χ2n) is 15.6. The summed E-state index contributed by atoms with van der Waals surface area (Å²) in [5.74, 6) is 1.54. The van der Waals surface area contributed by atoms with Crippen LogP contribution in [0.5, 0.6) is 11.5 Å². The van der Waals surface area contributed by atoms with Crippen molar-refractivity contribution in [2.24, 2.45) is 0 Å². The molecule has 308 valence electrons. The molecule has 4 aromatic heterocycles. The summed E-state index contributed by atoms with van der Waals surface area (Å²) in [6.07, 6.45) is 16.4. The standard InChI is InChI=1S/C58H42N4O3/c63-57(47-7-3-1-4-8-47)49-11-15-51(16-12-49)59-35-27-43(28-36-59)45-31-39-61(40-32-45)53-19-23-55(24-20-53)65-56-25-21-54(22-26-56)62-41-33-46(34-42-62)44-29-37-60(38-30-44)52-17-13-50(14-18-52)58(64)48-9-5-2-6-10-48/h1-42H/q+4. The molecule has 0 spiro atoms. The van der Waals surface area contributed by atoms with Gasteiger partial charge in [0.25, 0.3) is 0 Å². The lowest BCUT2D eigenvalue weighted by atomic mass is 10.0. The maximum atomic E-state index is 12.8. The molecule has 0 fully saturated rings. The molecule has 0 N–H and O–H groups in total. The van der Waals surface area contributed by atoms with Gasteiger partial charge < -0.3 is 4.74 Å². The van der Waals surface area contributed by atoms with Gasteiger partial charge in [0.2, 0.25) is 22.7 Å². The van der Waals surface area contributed by atoms with Gasteiger partial charge >= 0.3 is 0 Å². The summed E-state index contributed by atoms with van der Waals surface area (Å²) < 4.78 is 14.5. The highest BCUT2D eigenvalue weighted by molar-refractivity contribution is 6.09. The zero-order valence-electron chi connectivity index (χ0n) is 35.3. The summed E-state index contributed by atoms with van der Waals surface area (Å²) in [4.78, 5) is 25.6. The number of ether oxygens (including phenoxy) is 1. The van der Waals surface area contributed by atoms with Gasteiger partial charge in [-0.1, -0.05) is 60.7 Å². The highest BCUT2D eigenvalue weighted by atomic mass is 16.5. The Kier molecular flexibility index (Phi) is 11.2. The third-order valence-corrected chi connectivity index (χ3v) is 11.4. The van der Waals surface area contributed by atoms with Crippen molar-refractivity contribution >= 4 is 11.6 Å². The van der Waals surface area contributed by atoms with Crippen LogP contribution in [0.25, 0.3) is 45.0 Å². The molecule has 0 bridgehead atoms. The van der Waals surface area contributed by atoms with Crippen LogP contribution in [0.1, 0.15) is 31.8 Å². The lowest BCUT2D eigenvalue weighted by molar-refractivity contribution is -0.596. The molecule has 7 heteroatoms. The molecule has 0 aliphatic heterocycles. The minimum atomic E-state index is 0.0173. The molecule has 10 rings (SSSR count). The van der Waals surface area contributed by atoms with E-state index in [4.69, 9.17) is 4.74 Å². The lowest BCUT2D eigenvalue weighted by Crippen LogP contribution is -2.29. The van der Waals surface area contributed by atoms with E-state index in [9.17, 15) is 9.59 Å². The van der Waals surface area contributed by atoms with E-state index in [1.54, 1.807) is 0 Å². The molecule has 0 radical (unpaired) electrons. The first-order chi connectivity index (χ1) is 32.0. The molecule has 0 atom stereocenters. The highest BCUT2D eigenvalue weighted by Crippen LogP contribution is 2.24.